The molecule has 0 aliphatic carbocycles. The van der Waals surface area contributed by atoms with Crippen LogP contribution in [0.25, 0.3) is 0 Å². The largest absolute Gasteiger partial charge is 0.375 e. The topological polar surface area (TPSA) is 55.4 Å². The van der Waals surface area contributed by atoms with Crippen molar-refractivity contribution < 1.29 is 13.2 Å². The zero-order chi connectivity index (χ0) is 13.8. The molecular weight excluding hydrogens is 270 g/mol. The molecule has 0 aliphatic heterocycles. The molecule has 1 aromatic heterocycles. The number of thiophene rings is 1. The number of sulfonamides is 1. The molecule has 1 aromatic rings. The smallest absolute Gasteiger partial charge is 0.211 e. The highest BCUT2D eigenvalue weighted by Gasteiger charge is 2.18. The Labute approximate surface area is 113 Å². The Kier molecular flexibility index (Phi) is 5.78. The fourth-order valence-corrected chi connectivity index (χ4v) is 3.98. The quantitative estimate of drug-likeness (QED) is 0.839. The van der Waals surface area contributed by atoms with Crippen molar-refractivity contribution in [3.63, 3.8) is 0 Å². The van der Waals surface area contributed by atoms with Gasteiger partial charge >= 0.3 is 0 Å². The molecule has 4 nitrogen and oxygen atoms in total. The molecule has 1 heterocycles. The first-order valence-electron chi connectivity index (χ1n) is 5.90. The zero-order valence-electron chi connectivity index (χ0n) is 11.3. The Morgan fingerprint density at radius 2 is 2.06 bits per heavy atom. The average Bonchev–Trinajstić information content (AvgIpc) is 2.63. The number of rotatable bonds is 7. The lowest BCUT2D eigenvalue weighted by Gasteiger charge is -2.15. The van der Waals surface area contributed by atoms with Gasteiger partial charge in [0.25, 0.3) is 0 Å². The number of methoxy groups -OCH3 is 1. The molecular formula is C12H21NO3S2. The van der Waals surface area contributed by atoms with Crippen LogP contribution in [0.4, 0.5) is 0 Å². The summed E-state index contributed by atoms with van der Waals surface area (Å²) in [5.74, 6) is 0.264. The highest BCUT2D eigenvalue weighted by molar-refractivity contribution is 7.89. The van der Waals surface area contributed by atoms with E-state index in [1.165, 1.54) is 4.88 Å². The molecule has 6 heteroatoms. The van der Waals surface area contributed by atoms with Gasteiger partial charge in [0, 0.05) is 23.4 Å². The number of ether oxygens (including phenoxy) is 1. The molecule has 0 spiro atoms. The van der Waals surface area contributed by atoms with E-state index in [4.69, 9.17) is 4.74 Å². The summed E-state index contributed by atoms with van der Waals surface area (Å²) >= 11 is 1.63. The Hall–Kier alpha value is -0.430. The summed E-state index contributed by atoms with van der Waals surface area (Å²) in [6, 6.07) is 3.99. The molecule has 0 fully saturated rings. The van der Waals surface area contributed by atoms with Crippen molar-refractivity contribution in [2.75, 3.05) is 19.4 Å². The lowest BCUT2D eigenvalue weighted by molar-refractivity contribution is 0.110. The van der Waals surface area contributed by atoms with Crippen molar-refractivity contribution in [3.8, 4) is 0 Å². The van der Waals surface area contributed by atoms with Crippen LogP contribution in [0.5, 0.6) is 0 Å². The summed E-state index contributed by atoms with van der Waals surface area (Å²) in [4.78, 5) is 2.24. The molecule has 0 amide bonds. The van der Waals surface area contributed by atoms with Crippen LogP contribution in [0.15, 0.2) is 12.1 Å². The SMILES string of the molecule is COC(CNS(=O)(=O)CC(C)C)c1ccc(C)s1. The average molecular weight is 291 g/mol. The van der Waals surface area contributed by atoms with Gasteiger partial charge in [0.15, 0.2) is 0 Å². The van der Waals surface area contributed by atoms with E-state index >= 15 is 0 Å². The van der Waals surface area contributed by atoms with Gasteiger partial charge in [-0.1, -0.05) is 13.8 Å². The monoisotopic (exact) mass is 291 g/mol. The van der Waals surface area contributed by atoms with E-state index in [1.807, 2.05) is 32.9 Å². The van der Waals surface area contributed by atoms with Gasteiger partial charge in [0.1, 0.15) is 6.10 Å². The minimum atomic E-state index is -3.21. The van der Waals surface area contributed by atoms with E-state index in [0.717, 1.165) is 4.88 Å². The summed E-state index contributed by atoms with van der Waals surface area (Å²) in [6.07, 6.45) is -0.217. The van der Waals surface area contributed by atoms with Gasteiger partial charge in [-0.3, -0.25) is 0 Å². The maximum Gasteiger partial charge on any atom is 0.211 e. The minimum absolute atomic E-state index is 0.118. The summed E-state index contributed by atoms with van der Waals surface area (Å²) in [5, 5.41) is 0. The Morgan fingerprint density at radius 3 is 2.50 bits per heavy atom. The molecule has 0 saturated carbocycles. The van der Waals surface area contributed by atoms with Crippen LogP contribution in [0.1, 0.15) is 29.7 Å². The second-order valence-electron chi connectivity index (χ2n) is 4.70. The first kappa shape index (κ1) is 15.6. The fraction of sp³-hybridized carbons (Fsp3) is 0.667. The lowest BCUT2D eigenvalue weighted by Crippen LogP contribution is -2.32. The Morgan fingerprint density at radius 1 is 1.39 bits per heavy atom. The molecule has 18 heavy (non-hydrogen) atoms. The van der Waals surface area contributed by atoms with E-state index in [2.05, 4.69) is 4.72 Å². The third-order valence-corrected chi connectivity index (χ3v) is 5.21. The summed E-state index contributed by atoms with van der Waals surface area (Å²) < 4.78 is 31.4. The van der Waals surface area contributed by atoms with Gasteiger partial charge in [-0.15, -0.1) is 11.3 Å². The van der Waals surface area contributed by atoms with Crippen LogP contribution >= 0.6 is 11.3 Å². The number of aryl methyl sites for hydroxylation is 1. The molecule has 0 aromatic carbocycles. The van der Waals surface area contributed by atoms with Crippen molar-refractivity contribution in [1.29, 1.82) is 0 Å². The lowest BCUT2D eigenvalue weighted by atomic mass is 10.3. The predicted octanol–water partition coefficient (Wildman–Crippen LogP) is 2.32. The minimum Gasteiger partial charge on any atom is -0.375 e. The van der Waals surface area contributed by atoms with Gasteiger partial charge in [-0.05, 0) is 25.0 Å². The van der Waals surface area contributed by atoms with Gasteiger partial charge in [0.05, 0.1) is 5.75 Å². The van der Waals surface area contributed by atoms with Crippen molar-refractivity contribution in [3.05, 3.63) is 21.9 Å². The highest BCUT2D eigenvalue weighted by Crippen LogP contribution is 2.24. The summed E-state index contributed by atoms with van der Waals surface area (Å²) in [6.45, 7) is 6.07. The fourth-order valence-electron chi connectivity index (χ4n) is 1.63. The van der Waals surface area contributed by atoms with E-state index in [1.54, 1.807) is 18.4 Å². The van der Waals surface area contributed by atoms with Crippen LogP contribution in [0.2, 0.25) is 0 Å². The van der Waals surface area contributed by atoms with Crippen molar-refractivity contribution >= 4 is 21.4 Å². The number of hydrogen-bond donors (Lipinski definition) is 1. The van der Waals surface area contributed by atoms with Crippen LogP contribution in [-0.4, -0.2) is 27.8 Å². The van der Waals surface area contributed by atoms with Crippen molar-refractivity contribution in [1.82, 2.24) is 4.72 Å². The van der Waals surface area contributed by atoms with Gasteiger partial charge in [-0.25, -0.2) is 13.1 Å². The van der Waals surface area contributed by atoms with Crippen LogP contribution in [-0.2, 0) is 14.8 Å². The van der Waals surface area contributed by atoms with Crippen LogP contribution in [0, 0.1) is 12.8 Å². The summed E-state index contributed by atoms with van der Waals surface area (Å²) in [5.41, 5.74) is 0. The molecule has 1 unspecified atom stereocenters. The molecule has 1 atom stereocenters. The normalized spacial score (nSPS) is 14.1. The van der Waals surface area contributed by atoms with E-state index < -0.39 is 10.0 Å². The Balaban J connectivity index is 2.60. The third-order valence-electron chi connectivity index (χ3n) is 2.40. The Bertz CT molecular complexity index is 465. The maximum absolute atomic E-state index is 11.7. The second-order valence-corrected chi connectivity index (χ2v) is 7.87. The molecule has 0 saturated heterocycles. The first-order valence-corrected chi connectivity index (χ1v) is 8.37. The molecule has 1 N–H and O–H groups in total. The van der Waals surface area contributed by atoms with Gasteiger partial charge in [-0.2, -0.15) is 0 Å². The highest BCUT2D eigenvalue weighted by atomic mass is 32.2. The first-order chi connectivity index (χ1) is 8.34. The molecule has 104 valence electrons. The molecule has 0 bridgehead atoms. The van der Waals surface area contributed by atoms with E-state index in [-0.39, 0.29) is 24.3 Å². The van der Waals surface area contributed by atoms with Gasteiger partial charge in [0.2, 0.25) is 10.0 Å². The second kappa shape index (κ2) is 6.65. The van der Waals surface area contributed by atoms with Crippen LogP contribution in [0.3, 0.4) is 0 Å². The molecule has 1 rings (SSSR count). The molecule has 0 radical (unpaired) electrons. The maximum atomic E-state index is 11.7. The van der Waals surface area contributed by atoms with Gasteiger partial charge < -0.3 is 4.74 Å². The van der Waals surface area contributed by atoms with Crippen molar-refractivity contribution in [2.24, 2.45) is 5.92 Å². The van der Waals surface area contributed by atoms with E-state index in [9.17, 15) is 8.42 Å². The van der Waals surface area contributed by atoms with E-state index in [0.29, 0.717) is 0 Å². The standard InChI is InChI=1S/C12H21NO3S2/c1-9(2)8-18(14,15)13-7-11(16-4)12-6-5-10(3)17-12/h5-6,9,11,13H,7-8H2,1-4H3. The number of nitrogens with one attached hydrogen (secondary N) is 1. The summed E-state index contributed by atoms with van der Waals surface area (Å²) in [7, 11) is -1.62. The van der Waals surface area contributed by atoms with Crippen molar-refractivity contribution in [2.45, 2.75) is 26.9 Å². The van der Waals surface area contributed by atoms with Crippen LogP contribution < -0.4 is 4.72 Å². The third kappa shape index (κ3) is 5.06. The number of hydrogen-bond acceptors (Lipinski definition) is 4. The predicted molar refractivity (Wildman–Crippen MR) is 75.4 cm³/mol. The molecule has 0 aliphatic rings. The zero-order valence-corrected chi connectivity index (χ0v) is 12.9.